The first-order chi connectivity index (χ1) is 13.0. The summed E-state index contributed by atoms with van der Waals surface area (Å²) in [6.45, 7) is 5.91. The number of aromatic nitrogens is 2. The van der Waals surface area contributed by atoms with Crippen molar-refractivity contribution in [2.24, 2.45) is 0 Å². The Bertz CT molecular complexity index is 941. The lowest BCUT2D eigenvalue weighted by Crippen LogP contribution is -2.32. The molecule has 0 aliphatic carbocycles. The average molecular weight is 402 g/mol. The Morgan fingerprint density at radius 3 is 2.63 bits per heavy atom. The minimum Gasteiger partial charge on any atom is -0.480 e. The third kappa shape index (κ3) is 4.64. The van der Waals surface area contributed by atoms with Gasteiger partial charge in [-0.1, -0.05) is 54.1 Å². The van der Waals surface area contributed by atoms with E-state index in [9.17, 15) is 4.79 Å². The van der Waals surface area contributed by atoms with Gasteiger partial charge in [-0.05, 0) is 49.6 Å². The Morgan fingerprint density at radius 1 is 1.19 bits per heavy atom. The Morgan fingerprint density at radius 2 is 1.93 bits per heavy atom. The van der Waals surface area contributed by atoms with Gasteiger partial charge in [-0.15, -0.1) is 10.2 Å². The van der Waals surface area contributed by atoms with E-state index in [1.54, 1.807) is 12.1 Å². The highest BCUT2D eigenvalue weighted by Crippen LogP contribution is 2.28. The zero-order valence-electron chi connectivity index (χ0n) is 15.3. The third-order valence-corrected chi connectivity index (χ3v) is 5.37. The van der Waals surface area contributed by atoms with Crippen molar-refractivity contribution in [2.75, 3.05) is 5.32 Å². The Hall–Kier alpha value is -2.44. The van der Waals surface area contributed by atoms with E-state index in [1.807, 2.05) is 51.1 Å². The molecule has 1 heterocycles. The van der Waals surface area contributed by atoms with Crippen LogP contribution in [0, 0.1) is 13.8 Å². The van der Waals surface area contributed by atoms with Crippen molar-refractivity contribution in [3.05, 3.63) is 58.6 Å². The minimum absolute atomic E-state index is 0.239. The van der Waals surface area contributed by atoms with E-state index in [0.29, 0.717) is 21.6 Å². The van der Waals surface area contributed by atoms with Gasteiger partial charge in [-0.25, -0.2) is 0 Å². The molecule has 0 aliphatic heterocycles. The summed E-state index contributed by atoms with van der Waals surface area (Å²) in [5, 5.41) is 12.8. The molecule has 0 spiro atoms. The number of carbonyl (C=O) groups excluding carboxylic acids is 1. The molecule has 0 unspecified atom stereocenters. The van der Waals surface area contributed by atoms with Gasteiger partial charge >= 0.3 is 0 Å². The predicted molar refractivity (Wildman–Crippen MR) is 110 cm³/mol. The van der Waals surface area contributed by atoms with Crippen LogP contribution in [-0.2, 0) is 4.79 Å². The molecule has 0 radical (unpaired) electrons. The standard InChI is InChI=1S/C20H20ClN3O2S/c1-4-16(26-17-7-5-6-12(2)13(17)3)18(25)22-20-24-23-19(27-20)14-8-10-15(21)11-9-14/h5-11,16H,4H2,1-3H3,(H,22,24,25)/t16-/m1/s1. The predicted octanol–water partition coefficient (Wildman–Crippen LogP) is 5.27. The normalized spacial score (nSPS) is 11.9. The van der Waals surface area contributed by atoms with Gasteiger partial charge in [0.2, 0.25) is 5.13 Å². The lowest BCUT2D eigenvalue weighted by molar-refractivity contribution is -0.122. The first-order valence-electron chi connectivity index (χ1n) is 8.61. The highest BCUT2D eigenvalue weighted by molar-refractivity contribution is 7.18. The monoisotopic (exact) mass is 401 g/mol. The van der Waals surface area contributed by atoms with Gasteiger partial charge in [-0.3, -0.25) is 10.1 Å². The molecule has 1 atom stereocenters. The fourth-order valence-electron chi connectivity index (χ4n) is 2.50. The fraction of sp³-hybridized carbons (Fsp3) is 0.250. The van der Waals surface area contributed by atoms with Crippen molar-refractivity contribution in [3.8, 4) is 16.3 Å². The molecule has 3 aromatic rings. The molecule has 0 fully saturated rings. The Labute approximate surface area is 167 Å². The van der Waals surface area contributed by atoms with Crippen LogP contribution in [0.4, 0.5) is 5.13 Å². The van der Waals surface area contributed by atoms with Gasteiger partial charge in [0, 0.05) is 10.6 Å². The molecule has 3 rings (SSSR count). The van der Waals surface area contributed by atoms with Crippen LogP contribution in [0.25, 0.3) is 10.6 Å². The lowest BCUT2D eigenvalue weighted by Gasteiger charge is -2.18. The number of rotatable bonds is 6. The van der Waals surface area contributed by atoms with E-state index in [-0.39, 0.29) is 5.91 Å². The van der Waals surface area contributed by atoms with Crippen LogP contribution in [0.3, 0.4) is 0 Å². The van der Waals surface area contributed by atoms with E-state index < -0.39 is 6.10 Å². The van der Waals surface area contributed by atoms with E-state index in [2.05, 4.69) is 15.5 Å². The molecule has 1 amide bonds. The number of ether oxygens (including phenoxy) is 1. The number of nitrogens with zero attached hydrogens (tertiary/aromatic N) is 2. The molecular weight excluding hydrogens is 382 g/mol. The van der Waals surface area contributed by atoms with Crippen molar-refractivity contribution >= 4 is 34.0 Å². The number of amides is 1. The molecule has 7 heteroatoms. The largest absolute Gasteiger partial charge is 0.480 e. The molecule has 0 bridgehead atoms. The van der Waals surface area contributed by atoms with E-state index >= 15 is 0 Å². The van der Waals surface area contributed by atoms with E-state index in [4.69, 9.17) is 16.3 Å². The van der Waals surface area contributed by atoms with Crippen molar-refractivity contribution < 1.29 is 9.53 Å². The maximum Gasteiger partial charge on any atom is 0.267 e. The fourth-order valence-corrected chi connectivity index (χ4v) is 3.37. The number of nitrogens with one attached hydrogen (secondary N) is 1. The minimum atomic E-state index is -0.603. The summed E-state index contributed by atoms with van der Waals surface area (Å²) in [5.74, 6) is 0.480. The topological polar surface area (TPSA) is 64.1 Å². The third-order valence-electron chi connectivity index (χ3n) is 4.23. The number of anilines is 1. The van der Waals surface area contributed by atoms with Crippen molar-refractivity contribution in [1.29, 1.82) is 0 Å². The Kier molecular flexibility index (Phi) is 6.08. The summed E-state index contributed by atoms with van der Waals surface area (Å²) < 4.78 is 5.94. The summed E-state index contributed by atoms with van der Waals surface area (Å²) in [5.41, 5.74) is 3.06. The number of hydrogen-bond donors (Lipinski definition) is 1. The molecule has 1 N–H and O–H groups in total. The molecule has 0 aliphatic rings. The van der Waals surface area contributed by atoms with E-state index in [0.717, 1.165) is 22.4 Å². The number of carbonyl (C=O) groups is 1. The molecule has 0 saturated heterocycles. The van der Waals surface area contributed by atoms with E-state index in [1.165, 1.54) is 11.3 Å². The smallest absolute Gasteiger partial charge is 0.267 e. The lowest BCUT2D eigenvalue weighted by atomic mass is 10.1. The van der Waals surface area contributed by atoms with Gasteiger partial charge < -0.3 is 4.74 Å². The van der Waals surface area contributed by atoms with Crippen LogP contribution < -0.4 is 10.1 Å². The summed E-state index contributed by atoms with van der Waals surface area (Å²) in [6, 6.07) is 13.1. The summed E-state index contributed by atoms with van der Waals surface area (Å²) >= 11 is 7.21. The number of halogens is 1. The van der Waals surface area contributed by atoms with Crippen LogP contribution >= 0.6 is 22.9 Å². The van der Waals surface area contributed by atoms with Crippen LogP contribution in [0.1, 0.15) is 24.5 Å². The number of aryl methyl sites for hydroxylation is 1. The van der Waals surface area contributed by atoms with Gasteiger partial charge in [0.05, 0.1) is 0 Å². The van der Waals surface area contributed by atoms with Gasteiger partial charge in [0.1, 0.15) is 10.8 Å². The van der Waals surface area contributed by atoms with Crippen LogP contribution in [0.2, 0.25) is 5.02 Å². The summed E-state index contributed by atoms with van der Waals surface area (Å²) in [4.78, 5) is 12.6. The summed E-state index contributed by atoms with van der Waals surface area (Å²) in [7, 11) is 0. The van der Waals surface area contributed by atoms with Crippen LogP contribution in [0.5, 0.6) is 5.75 Å². The van der Waals surface area contributed by atoms with Gasteiger partial charge in [0.15, 0.2) is 6.10 Å². The maximum absolute atomic E-state index is 12.6. The molecule has 27 heavy (non-hydrogen) atoms. The van der Waals surface area contributed by atoms with Crippen LogP contribution in [0.15, 0.2) is 42.5 Å². The average Bonchev–Trinajstić information content (AvgIpc) is 3.12. The summed E-state index contributed by atoms with van der Waals surface area (Å²) in [6.07, 6.45) is -0.0596. The van der Waals surface area contributed by atoms with Crippen molar-refractivity contribution in [2.45, 2.75) is 33.3 Å². The highest BCUT2D eigenvalue weighted by atomic mass is 35.5. The SMILES string of the molecule is CC[C@@H](Oc1cccc(C)c1C)C(=O)Nc1nnc(-c2ccc(Cl)cc2)s1. The first-order valence-corrected chi connectivity index (χ1v) is 9.80. The molecule has 0 saturated carbocycles. The van der Waals surface area contributed by atoms with Crippen molar-refractivity contribution in [1.82, 2.24) is 10.2 Å². The molecular formula is C20H20ClN3O2S. The maximum atomic E-state index is 12.6. The second kappa shape index (κ2) is 8.50. The molecule has 5 nitrogen and oxygen atoms in total. The second-order valence-electron chi connectivity index (χ2n) is 6.12. The quantitative estimate of drug-likeness (QED) is 0.611. The molecule has 2 aromatic carbocycles. The number of hydrogen-bond acceptors (Lipinski definition) is 5. The van der Waals surface area contributed by atoms with Crippen LogP contribution in [-0.4, -0.2) is 22.2 Å². The highest BCUT2D eigenvalue weighted by Gasteiger charge is 2.21. The zero-order chi connectivity index (χ0) is 19.4. The van der Waals surface area contributed by atoms with Gasteiger partial charge in [-0.2, -0.15) is 0 Å². The van der Waals surface area contributed by atoms with Gasteiger partial charge in [0.25, 0.3) is 5.91 Å². The second-order valence-corrected chi connectivity index (χ2v) is 7.54. The molecule has 1 aromatic heterocycles. The number of benzene rings is 2. The Balaban J connectivity index is 1.70. The molecule has 140 valence electrons. The van der Waals surface area contributed by atoms with Crippen molar-refractivity contribution in [3.63, 3.8) is 0 Å². The first kappa shape index (κ1) is 19.3. The zero-order valence-corrected chi connectivity index (χ0v) is 16.9.